The molecule has 0 unspecified atom stereocenters. The highest BCUT2D eigenvalue weighted by Gasteiger charge is 2.11. The van der Waals surface area contributed by atoms with Crippen LogP contribution in [0.2, 0.25) is 0 Å². The first-order valence-electron chi connectivity index (χ1n) is 6.19. The first-order chi connectivity index (χ1) is 9.61. The van der Waals surface area contributed by atoms with Crippen LogP contribution in [0.25, 0.3) is 0 Å². The van der Waals surface area contributed by atoms with Crippen molar-refractivity contribution in [2.24, 2.45) is 0 Å². The molecule has 0 amide bonds. The average Bonchev–Trinajstić information content (AvgIpc) is 2.47. The molecule has 0 spiro atoms. The van der Waals surface area contributed by atoms with Gasteiger partial charge in [-0.2, -0.15) is 0 Å². The predicted molar refractivity (Wildman–Crippen MR) is 85.0 cm³/mol. The smallest absolute Gasteiger partial charge is 0.338 e. The topological polar surface area (TPSA) is 43.4 Å². The minimum atomic E-state index is -0.374. The van der Waals surface area contributed by atoms with Crippen LogP contribution in [-0.4, -0.2) is 18.4 Å². The molecule has 3 nitrogen and oxygen atoms in total. The van der Waals surface area contributed by atoms with Gasteiger partial charge in [0.2, 0.25) is 0 Å². The Bertz CT molecular complexity index is 632. The molecule has 20 heavy (non-hydrogen) atoms. The van der Waals surface area contributed by atoms with Gasteiger partial charge in [-0.15, -0.1) is 0 Å². The summed E-state index contributed by atoms with van der Waals surface area (Å²) in [5.74, 6) is -0.431. The summed E-state index contributed by atoms with van der Waals surface area (Å²) in [6.07, 6.45) is 0. The van der Waals surface area contributed by atoms with Gasteiger partial charge in [0.15, 0.2) is 5.78 Å². The Balaban J connectivity index is 2.22. The van der Waals surface area contributed by atoms with Gasteiger partial charge in [-0.25, -0.2) is 4.79 Å². The Hall–Kier alpha value is -1.69. The Kier molecular flexibility index (Phi) is 4.89. The fourth-order valence-corrected chi connectivity index (χ4v) is 2.31. The number of esters is 1. The maximum Gasteiger partial charge on any atom is 0.338 e. The number of ether oxygens (including phenoxy) is 1. The number of ketones is 1. The zero-order valence-corrected chi connectivity index (χ0v) is 13.1. The van der Waals surface area contributed by atoms with Crippen molar-refractivity contribution in [2.75, 3.05) is 6.61 Å². The van der Waals surface area contributed by atoms with Crippen molar-refractivity contribution in [1.29, 1.82) is 0 Å². The standard InChI is InChI=1S/C16H13IO3/c1-2-20-16(19)12-8-6-11(7-9-12)15(18)13-4-3-5-14(17)10-13/h3-10H,2H2,1H3. The van der Waals surface area contributed by atoms with Crippen LogP contribution in [0.1, 0.15) is 33.2 Å². The highest BCUT2D eigenvalue weighted by atomic mass is 127. The number of benzene rings is 2. The average molecular weight is 380 g/mol. The molecule has 102 valence electrons. The molecule has 0 aliphatic heterocycles. The first kappa shape index (κ1) is 14.7. The zero-order valence-electron chi connectivity index (χ0n) is 10.9. The second kappa shape index (κ2) is 6.65. The zero-order chi connectivity index (χ0) is 14.5. The number of hydrogen-bond acceptors (Lipinski definition) is 3. The van der Waals surface area contributed by atoms with E-state index in [1.54, 1.807) is 37.3 Å². The van der Waals surface area contributed by atoms with E-state index in [9.17, 15) is 9.59 Å². The van der Waals surface area contributed by atoms with E-state index >= 15 is 0 Å². The van der Waals surface area contributed by atoms with Crippen molar-refractivity contribution >= 4 is 34.3 Å². The number of rotatable bonds is 4. The number of carbonyl (C=O) groups is 2. The molecule has 0 aliphatic rings. The Labute approximate surface area is 131 Å². The molecule has 0 radical (unpaired) electrons. The van der Waals surface area contributed by atoms with Gasteiger partial charge in [0.05, 0.1) is 12.2 Å². The summed E-state index contributed by atoms with van der Waals surface area (Å²) < 4.78 is 5.91. The summed E-state index contributed by atoms with van der Waals surface area (Å²) in [6, 6.07) is 13.9. The van der Waals surface area contributed by atoms with E-state index < -0.39 is 0 Å². The summed E-state index contributed by atoms with van der Waals surface area (Å²) >= 11 is 2.17. The van der Waals surface area contributed by atoms with Gasteiger partial charge in [-0.3, -0.25) is 4.79 Å². The van der Waals surface area contributed by atoms with Crippen molar-refractivity contribution in [2.45, 2.75) is 6.92 Å². The molecule has 2 aromatic carbocycles. The third-order valence-corrected chi connectivity index (χ3v) is 3.42. The monoisotopic (exact) mass is 380 g/mol. The Morgan fingerprint density at radius 1 is 1.00 bits per heavy atom. The fourth-order valence-electron chi connectivity index (χ4n) is 1.77. The molecule has 4 heteroatoms. The molecule has 0 fully saturated rings. The van der Waals surface area contributed by atoms with Crippen molar-refractivity contribution in [3.05, 3.63) is 68.8 Å². The second-order valence-corrected chi connectivity index (χ2v) is 5.38. The quantitative estimate of drug-likeness (QED) is 0.462. The minimum Gasteiger partial charge on any atom is -0.462 e. The van der Waals surface area contributed by atoms with E-state index in [2.05, 4.69) is 22.6 Å². The summed E-state index contributed by atoms with van der Waals surface area (Å²) in [4.78, 5) is 23.8. The highest BCUT2D eigenvalue weighted by molar-refractivity contribution is 14.1. The Morgan fingerprint density at radius 3 is 2.25 bits per heavy atom. The number of carbonyl (C=O) groups excluding carboxylic acids is 2. The van der Waals surface area contributed by atoms with E-state index in [-0.39, 0.29) is 11.8 Å². The van der Waals surface area contributed by atoms with E-state index in [1.807, 2.05) is 18.2 Å². The van der Waals surface area contributed by atoms with Crippen molar-refractivity contribution in [3.8, 4) is 0 Å². The molecular formula is C16H13IO3. The maximum absolute atomic E-state index is 12.3. The largest absolute Gasteiger partial charge is 0.462 e. The summed E-state index contributed by atoms with van der Waals surface area (Å²) in [5, 5.41) is 0. The highest BCUT2D eigenvalue weighted by Crippen LogP contribution is 2.14. The maximum atomic E-state index is 12.3. The summed E-state index contributed by atoms with van der Waals surface area (Å²) in [6.45, 7) is 2.09. The molecule has 0 saturated heterocycles. The van der Waals surface area contributed by atoms with Crippen LogP contribution in [0.3, 0.4) is 0 Å². The van der Waals surface area contributed by atoms with Gasteiger partial charge in [0.1, 0.15) is 0 Å². The van der Waals surface area contributed by atoms with Gasteiger partial charge in [0.25, 0.3) is 0 Å². The fraction of sp³-hybridized carbons (Fsp3) is 0.125. The summed E-state index contributed by atoms with van der Waals surface area (Å²) in [5.41, 5.74) is 1.65. The predicted octanol–water partition coefficient (Wildman–Crippen LogP) is 3.70. The molecular weight excluding hydrogens is 367 g/mol. The van der Waals surface area contributed by atoms with Crippen LogP contribution in [-0.2, 0) is 4.74 Å². The van der Waals surface area contributed by atoms with Gasteiger partial charge < -0.3 is 4.74 Å². The van der Waals surface area contributed by atoms with E-state index in [4.69, 9.17) is 4.74 Å². The van der Waals surface area contributed by atoms with Crippen LogP contribution < -0.4 is 0 Å². The molecule has 0 heterocycles. The normalized spacial score (nSPS) is 10.1. The molecule has 0 N–H and O–H groups in total. The molecule has 0 saturated carbocycles. The van der Waals surface area contributed by atoms with Gasteiger partial charge in [-0.05, 0) is 53.8 Å². The number of hydrogen-bond donors (Lipinski definition) is 0. The molecule has 2 rings (SSSR count). The Morgan fingerprint density at radius 2 is 1.65 bits per heavy atom. The number of halogens is 1. The van der Waals surface area contributed by atoms with Crippen molar-refractivity contribution < 1.29 is 14.3 Å². The third-order valence-electron chi connectivity index (χ3n) is 2.75. The van der Waals surface area contributed by atoms with Crippen LogP contribution in [0, 0.1) is 3.57 Å². The summed E-state index contributed by atoms with van der Waals surface area (Å²) in [7, 11) is 0. The molecule has 0 atom stereocenters. The lowest BCUT2D eigenvalue weighted by Crippen LogP contribution is -2.06. The van der Waals surface area contributed by atoms with Crippen molar-refractivity contribution in [3.63, 3.8) is 0 Å². The molecule has 0 bridgehead atoms. The van der Waals surface area contributed by atoms with Crippen LogP contribution >= 0.6 is 22.6 Å². The molecule has 2 aromatic rings. The van der Waals surface area contributed by atoms with Crippen LogP contribution in [0.15, 0.2) is 48.5 Å². The lowest BCUT2D eigenvalue weighted by Gasteiger charge is -2.04. The molecule has 0 aliphatic carbocycles. The van der Waals surface area contributed by atoms with Gasteiger partial charge >= 0.3 is 5.97 Å². The van der Waals surface area contributed by atoms with Gasteiger partial charge in [-0.1, -0.05) is 24.3 Å². The van der Waals surface area contributed by atoms with E-state index in [0.29, 0.717) is 23.3 Å². The van der Waals surface area contributed by atoms with Crippen molar-refractivity contribution in [1.82, 2.24) is 0 Å². The lowest BCUT2D eigenvalue weighted by molar-refractivity contribution is 0.0526. The van der Waals surface area contributed by atoms with Gasteiger partial charge in [0, 0.05) is 14.7 Å². The second-order valence-electron chi connectivity index (χ2n) is 4.14. The van der Waals surface area contributed by atoms with E-state index in [1.165, 1.54) is 0 Å². The van der Waals surface area contributed by atoms with Crippen LogP contribution in [0.4, 0.5) is 0 Å². The van der Waals surface area contributed by atoms with Crippen LogP contribution in [0.5, 0.6) is 0 Å². The minimum absolute atomic E-state index is 0.0566. The first-order valence-corrected chi connectivity index (χ1v) is 7.27. The third kappa shape index (κ3) is 3.45. The lowest BCUT2D eigenvalue weighted by atomic mass is 10.0. The molecule has 0 aromatic heterocycles. The SMILES string of the molecule is CCOC(=O)c1ccc(C(=O)c2cccc(I)c2)cc1. The van der Waals surface area contributed by atoms with E-state index in [0.717, 1.165) is 3.57 Å².